The Balaban J connectivity index is 1.78. The smallest absolute Gasteiger partial charge is 0.328 e. The number of methoxy groups -OCH3 is 2. The normalized spacial score (nSPS) is 10.7. The molecule has 0 radical (unpaired) electrons. The molecule has 1 aliphatic carbocycles. The van der Waals surface area contributed by atoms with Crippen molar-refractivity contribution in [3.05, 3.63) is 52.7 Å². The molecule has 0 atom stereocenters. The molecule has 0 N–H and O–H groups in total. The summed E-state index contributed by atoms with van der Waals surface area (Å²) >= 11 is 0. The average Bonchev–Trinajstić information content (AvgIpc) is 3.33. The van der Waals surface area contributed by atoms with Crippen LogP contribution >= 0.6 is 0 Å². The Morgan fingerprint density at radius 1 is 0.493 bits per heavy atom. The predicted molar refractivity (Wildman–Crippen MR) is 251 cm³/mol. The predicted octanol–water partition coefficient (Wildman–Crippen LogP) is 2.24. The third kappa shape index (κ3) is 19.7. The van der Waals surface area contributed by atoms with E-state index < -0.39 is 119 Å². The lowest BCUT2D eigenvalue weighted by molar-refractivity contribution is -0.170. The van der Waals surface area contributed by atoms with Gasteiger partial charge in [0.15, 0.2) is 17.2 Å². The largest absolute Gasteiger partial charge is 0.493 e. The summed E-state index contributed by atoms with van der Waals surface area (Å²) in [5, 5.41) is 0.386. The van der Waals surface area contributed by atoms with Crippen molar-refractivity contribution in [3.63, 3.8) is 0 Å². The van der Waals surface area contributed by atoms with E-state index in [0.29, 0.717) is 22.1 Å². The quantitative estimate of drug-likeness (QED) is 0.0238. The highest BCUT2D eigenvalue weighted by molar-refractivity contribution is 6.04. The van der Waals surface area contributed by atoms with Crippen molar-refractivity contribution in [2.75, 3.05) is 106 Å². The van der Waals surface area contributed by atoms with E-state index >= 15 is 0 Å². The highest BCUT2D eigenvalue weighted by Gasteiger charge is 2.26. The first-order valence-corrected chi connectivity index (χ1v) is 22.2. The minimum absolute atomic E-state index is 0.00727. The first-order chi connectivity index (χ1) is 35.8. The Labute approximate surface area is 426 Å². The van der Waals surface area contributed by atoms with Gasteiger partial charge >= 0.3 is 53.7 Å². The van der Waals surface area contributed by atoms with Crippen LogP contribution in [0.25, 0.3) is 33.4 Å². The molecule has 0 amide bonds. The zero-order valence-corrected chi connectivity index (χ0v) is 41.8. The van der Waals surface area contributed by atoms with Crippen LogP contribution in [-0.2, 0) is 90.5 Å². The zero-order valence-electron chi connectivity index (χ0n) is 41.8. The molecule has 2 aliphatic rings. The minimum atomic E-state index is -0.974. The Morgan fingerprint density at radius 3 is 1.51 bits per heavy atom. The maximum absolute atomic E-state index is 13.2. The summed E-state index contributed by atoms with van der Waals surface area (Å²) in [7, 11) is 2.68. The van der Waals surface area contributed by atoms with Crippen molar-refractivity contribution in [3.8, 4) is 45.4 Å². The molecule has 2 aromatic carbocycles. The number of carbonyl (C=O) groups excluding carboxylic acids is 9. The van der Waals surface area contributed by atoms with Crippen molar-refractivity contribution >= 4 is 70.4 Å². The number of fused-ring (bicyclic) bond motifs is 2. The second-order valence-electron chi connectivity index (χ2n) is 15.2. The third-order valence-electron chi connectivity index (χ3n) is 9.67. The molecule has 4 rings (SSSR count). The molecule has 2 aromatic rings. The van der Waals surface area contributed by atoms with E-state index in [0.717, 1.165) is 27.7 Å². The van der Waals surface area contributed by atoms with Gasteiger partial charge in [0.1, 0.15) is 36.8 Å². The summed E-state index contributed by atoms with van der Waals surface area (Å²) in [5.41, 5.74) is 0.864. The van der Waals surface area contributed by atoms with Gasteiger partial charge < -0.3 is 75.6 Å². The molecule has 0 unspecified atom stereocenters. The van der Waals surface area contributed by atoms with Gasteiger partial charge in [-0.25, -0.2) is 0 Å². The molecule has 0 aromatic heterocycles. The van der Waals surface area contributed by atoms with E-state index in [1.165, 1.54) is 61.3 Å². The molecule has 0 fully saturated rings. The van der Waals surface area contributed by atoms with Crippen LogP contribution in [-0.4, -0.2) is 159 Å². The van der Waals surface area contributed by atoms with Crippen LogP contribution in [0.3, 0.4) is 0 Å². The molecule has 0 saturated heterocycles. The van der Waals surface area contributed by atoms with Crippen molar-refractivity contribution in [1.82, 2.24) is 4.90 Å². The monoisotopic (exact) mass is 1060 g/mol. The summed E-state index contributed by atoms with van der Waals surface area (Å²) in [4.78, 5) is 124. The average molecular weight is 1060 g/mol. The van der Waals surface area contributed by atoms with Gasteiger partial charge in [-0.15, -0.1) is 0 Å². The topological polar surface area (TPSA) is 320 Å². The number of carbonyl (C=O) groups is 9. The molecule has 0 spiro atoms. The second kappa shape index (κ2) is 29.7. The molecule has 27 nitrogen and oxygen atoms in total. The Bertz CT molecular complexity index is 2650. The highest BCUT2D eigenvalue weighted by atomic mass is 16.7. The fourth-order valence-electron chi connectivity index (χ4n) is 6.39. The molecular formula is C48H54N2O25. The molecule has 0 bridgehead atoms. The summed E-state index contributed by atoms with van der Waals surface area (Å²) in [6.07, 6.45) is 0. The number of nitrogens with zero attached hydrogens (tertiary/aromatic N) is 2. The molecule has 406 valence electrons. The van der Waals surface area contributed by atoms with E-state index in [-0.39, 0.29) is 66.4 Å². The Morgan fingerprint density at radius 2 is 1.00 bits per heavy atom. The van der Waals surface area contributed by atoms with Gasteiger partial charge in [0.25, 0.3) is 0 Å². The number of ether oxygens (including phenoxy) is 14. The molecule has 0 saturated carbocycles. The van der Waals surface area contributed by atoms with Crippen LogP contribution < -0.4 is 29.3 Å². The summed E-state index contributed by atoms with van der Waals surface area (Å²) in [6, 6.07) is 10.3. The first-order valence-electron chi connectivity index (χ1n) is 22.2. The third-order valence-corrected chi connectivity index (χ3v) is 9.67. The highest BCUT2D eigenvalue weighted by Crippen LogP contribution is 2.46. The van der Waals surface area contributed by atoms with Gasteiger partial charge in [-0.1, -0.05) is 6.07 Å². The van der Waals surface area contributed by atoms with Gasteiger partial charge in [0, 0.05) is 69.8 Å². The number of benzene rings is 3. The van der Waals surface area contributed by atoms with Gasteiger partial charge in [0.2, 0.25) is 39.4 Å². The van der Waals surface area contributed by atoms with Crippen molar-refractivity contribution in [2.24, 2.45) is 0 Å². The molecule has 27 heteroatoms. The summed E-state index contributed by atoms with van der Waals surface area (Å²) < 4.78 is 78.7. The van der Waals surface area contributed by atoms with E-state index in [4.69, 9.17) is 61.3 Å². The van der Waals surface area contributed by atoms with Crippen LogP contribution in [0.4, 0.5) is 5.69 Å². The van der Waals surface area contributed by atoms with Crippen molar-refractivity contribution in [2.45, 2.75) is 34.6 Å². The van der Waals surface area contributed by atoms with Crippen LogP contribution in [0.5, 0.6) is 23.0 Å². The van der Waals surface area contributed by atoms with Gasteiger partial charge in [-0.3, -0.25) is 52.8 Å². The van der Waals surface area contributed by atoms with E-state index in [1.807, 2.05) is 0 Å². The number of hydrogen-bond donors (Lipinski definition) is 0. The molecule has 1 heterocycles. The fourth-order valence-corrected chi connectivity index (χ4v) is 6.39. The lowest BCUT2D eigenvalue weighted by Gasteiger charge is -2.26. The second-order valence-corrected chi connectivity index (χ2v) is 15.2. The first kappa shape index (κ1) is 58.8. The zero-order chi connectivity index (χ0) is 55.0. The number of anilines is 1. The lowest BCUT2D eigenvalue weighted by Crippen LogP contribution is -2.38. The maximum Gasteiger partial charge on any atom is 0.328 e. The van der Waals surface area contributed by atoms with Crippen LogP contribution in [0.1, 0.15) is 34.6 Å². The Kier molecular flexibility index (Phi) is 23.3. The summed E-state index contributed by atoms with van der Waals surface area (Å²) in [6.45, 7) is -0.701. The summed E-state index contributed by atoms with van der Waals surface area (Å²) in [5.74, 6) is -6.87. The molecular weight excluding hydrogens is 1000 g/mol. The van der Waals surface area contributed by atoms with Gasteiger partial charge in [-0.2, -0.15) is 0 Å². The number of hydrogen-bond acceptors (Lipinski definition) is 27. The minimum Gasteiger partial charge on any atom is -0.493 e. The molecule has 75 heavy (non-hydrogen) atoms. The van der Waals surface area contributed by atoms with E-state index in [1.54, 1.807) is 12.1 Å². The van der Waals surface area contributed by atoms with E-state index in [9.17, 15) is 47.9 Å². The van der Waals surface area contributed by atoms with Gasteiger partial charge in [-0.05, 0) is 29.8 Å². The SMILES string of the molecule is COc1cc2c(-c3ccc(N(CC(=O)OCOC(C)=O)CC(=O)OCOC(C)=O)c(OCCOCCN(CC(=O)OCOC(C)=O)CC(=O)OCOC(C)=O)c3)c3cc(OC)c(=O)cc-3oc2cc1OCOC(C)=O. The molecule has 1 aliphatic heterocycles. The van der Waals surface area contributed by atoms with Gasteiger partial charge in [0.05, 0.1) is 46.2 Å². The van der Waals surface area contributed by atoms with Crippen LogP contribution in [0.15, 0.2) is 51.7 Å². The maximum atomic E-state index is 13.2. The van der Waals surface area contributed by atoms with E-state index in [2.05, 4.69) is 9.47 Å². The standard InChI is InChI=1S/C48H54N2O25/c1-28(51)65-23-70-43-18-39-35(16-42(43)62-7)48(34-15-41(61-6)37(56)17-38(34)75-39)33-8-9-36(50(21-46(59)73-26-68-31(4)54)22-47(60)74-27-69-32(5)55)40(14-33)64-13-12-63-11-10-49(19-44(57)71-24-66-29(2)52)20-45(58)72-25-67-30(3)53/h8-9,14-18H,10-13,19-27H2,1-7H3. The number of rotatable bonds is 30. The fraction of sp³-hybridized carbons (Fsp3) is 0.417. The van der Waals surface area contributed by atoms with Crippen LogP contribution in [0.2, 0.25) is 0 Å². The number of esters is 9. The van der Waals surface area contributed by atoms with Crippen molar-refractivity contribution in [1.29, 1.82) is 0 Å². The lowest BCUT2D eigenvalue weighted by atomic mass is 9.92. The van der Waals surface area contributed by atoms with Crippen molar-refractivity contribution < 1.29 is 114 Å². The van der Waals surface area contributed by atoms with Crippen LogP contribution in [0, 0.1) is 0 Å². The Hall–Kier alpha value is -8.72.